The average Bonchev–Trinajstić information content (AvgIpc) is 3.01. The van der Waals surface area contributed by atoms with Crippen LogP contribution in [-0.2, 0) is 11.3 Å². The number of hydrogen-bond acceptors (Lipinski definition) is 4. The van der Waals surface area contributed by atoms with E-state index in [1.165, 1.54) is 0 Å². The molecule has 1 aromatic carbocycles. The molecule has 2 aliphatic heterocycles. The molecule has 0 aromatic heterocycles. The number of nitrogens with one attached hydrogen (secondary N) is 1. The number of carbonyl (C=O) groups excluding carboxylic acids is 1. The molecule has 5 nitrogen and oxygen atoms in total. The number of amides is 1. The Hall–Kier alpha value is -1.75. The molecule has 1 fully saturated rings. The predicted molar refractivity (Wildman–Crippen MR) is 83.8 cm³/mol. The minimum atomic E-state index is 0.184. The third-order valence-electron chi connectivity index (χ3n) is 4.74. The van der Waals surface area contributed by atoms with Crippen molar-refractivity contribution in [1.29, 1.82) is 0 Å². The van der Waals surface area contributed by atoms with Crippen molar-refractivity contribution in [2.75, 3.05) is 19.9 Å². The summed E-state index contributed by atoms with van der Waals surface area (Å²) in [4.78, 5) is 13.5. The van der Waals surface area contributed by atoms with Crippen molar-refractivity contribution in [3.05, 3.63) is 23.8 Å². The molecule has 2 heterocycles. The van der Waals surface area contributed by atoms with Gasteiger partial charge in [-0.1, -0.05) is 25.5 Å². The summed E-state index contributed by atoms with van der Waals surface area (Å²) in [5.74, 6) is 2.39. The van der Waals surface area contributed by atoms with E-state index in [0.29, 0.717) is 18.8 Å². The highest BCUT2D eigenvalue weighted by atomic mass is 16.7. The fourth-order valence-electron chi connectivity index (χ4n) is 3.37. The maximum absolute atomic E-state index is 11.5. The summed E-state index contributed by atoms with van der Waals surface area (Å²) in [7, 11) is 0. The molecule has 2 atom stereocenters. The minimum Gasteiger partial charge on any atom is -0.454 e. The minimum absolute atomic E-state index is 0.184. The van der Waals surface area contributed by atoms with E-state index < -0.39 is 0 Å². The van der Waals surface area contributed by atoms with Gasteiger partial charge < -0.3 is 19.7 Å². The second kappa shape index (κ2) is 6.57. The highest BCUT2D eigenvalue weighted by Crippen LogP contribution is 2.35. The van der Waals surface area contributed by atoms with Gasteiger partial charge in [-0.05, 0) is 18.4 Å². The van der Waals surface area contributed by atoms with Gasteiger partial charge in [0.1, 0.15) is 0 Å². The molecule has 3 rings (SSSR count). The lowest BCUT2D eigenvalue weighted by atomic mass is 9.89. The molecule has 120 valence electrons. The Kier molecular flexibility index (Phi) is 4.52. The third kappa shape index (κ3) is 3.04. The standard InChI is InChI=1S/C17H24N2O3/c1-3-13-10-19(12(2)20)8-7-15(13)18-9-14-5-4-6-16-17(14)22-11-21-16/h4-6,13,15,18H,3,7-11H2,1-2H3/t13-,15-/m1/s1. The molecule has 0 unspecified atom stereocenters. The van der Waals surface area contributed by atoms with E-state index in [1.807, 2.05) is 17.0 Å². The number of hydrogen-bond donors (Lipinski definition) is 1. The fraction of sp³-hybridized carbons (Fsp3) is 0.588. The summed E-state index contributed by atoms with van der Waals surface area (Å²) < 4.78 is 11.0. The van der Waals surface area contributed by atoms with Gasteiger partial charge in [-0.15, -0.1) is 0 Å². The molecule has 0 aliphatic carbocycles. The molecule has 0 bridgehead atoms. The first-order valence-corrected chi connectivity index (χ1v) is 8.05. The van der Waals surface area contributed by atoms with Crippen molar-refractivity contribution < 1.29 is 14.3 Å². The smallest absolute Gasteiger partial charge is 0.231 e. The van der Waals surface area contributed by atoms with Crippen LogP contribution in [0, 0.1) is 5.92 Å². The highest BCUT2D eigenvalue weighted by Gasteiger charge is 2.29. The Morgan fingerprint density at radius 2 is 2.27 bits per heavy atom. The summed E-state index contributed by atoms with van der Waals surface area (Å²) >= 11 is 0. The van der Waals surface area contributed by atoms with Crippen molar-refractivity contribution in [3.8, 4) is 11.5 Å². The molecule has 1 amide bonds. The van der Waals surface area contributed by atoms with Crippen LogP contribution in [0.5, 0.6) is 11.5 Å². The number of nitrogens with zero attached hydrogens (tertiary/aromatic N) is 1. The van der Waals surface area contributed by atoms with E-state index in [2.05, 4.69) is 18.3 Å². The Labute approximate surface area is 131 Å². The van der Waals surface area contributed by atoms with E-state index in [1.54, 1.807) is 6.92 Å². The molecule has 22 heavy (non-hydrogen) atoms. The van der Waals surface area contributed by atoms with Crippen LogP contribution in [0.2, 0.25) is 0 Å². The van der Waals surface area contributed by atoms with Gasteiger partial charge in [0.15, 0.2) is 11.5 Å². The maximum atomic E-state index is 11.5. The maximum Gasteiger partial charge on any atom is 0.231 e. The summed E-state index contributed by atoms with van der Waals surface area (Å²) in [5, 5.41) is 3.65. The Balaban J connectivity index is 1.62. The van der Waals surface area contributed by atoms with Gasteiger partial charge in [0.25, 0.3) is 0 Å². The second-order valence-electron chi connectivity index (χ2n) is 6.06. The van der Waals surface area contributed by atoms with Crippen LogP contribution in [0.25, 0.3) is 0 Å². The monoisotopic (exact) mass is 304 g/mol. The summed E-state index contributed by atoms with van der Waals surface area (Å²) in [5.41, 5.74) is 1.14. The number of piperidine rings is 1. The number of carbonyl (C=O) groups is 1. The largest absolute Gasteiger partial charge is 0.454 e. The van der Waals surface area contributed by atoms with Gasteiger partial charge in [0, 0.05) is 38.2 Å². The van der Waals surface area contributed by atoms with E-state index in [-0.39, 0.29) is 5.91 Å². The first-order chi connectivity index (χ1) is 10.7. The van der Waals surface area contributed by atoms with Gasteiger partial charge in [0.05, 0.1) is 0 Å². The van der Waals surface area contributed by atoms with Crippen LogP contribution in [0.1, 0.15) is 32.3 Å². The van der Waals surface area contributed by atoms with Crippen LogP contribution in [0.15, 0.2) is 18.2 Å². The van der Waals surface area contributed by atoms with E-state index in [9.17, 15) is 4.79 Å². The molecule has 0 saturated carbocycles. The summed E-state index contributed by atoms with van der Waals surface area (Å²) in [6.07, 6.45) is 2.08. The Morgan fingerprint density at radius 1 is 1.41 bits per heavy atom. The summed E-state index contributed by atoms with van der Waals surface area (Å²) in [6.45, 7) is 6.63. The van der Waals surface area contributed by atoms with Crippen LogP contribution in [-0.4, -0.2) is 36.7 Å². The van der Waals surface area contributed by atoms with Gasteiger partial charge in [-0.2, -0.15) is 0 Å². The van der Waals surface area contributed by atoms with Gasteiger partial charge in [-0.25, -0.2) is 0 Å². The Morgan fingerprint density at radius 3 is 3.05 bits per heavy atom. The van der Waals surface area contributed by atoms with Crippen molar-refractivity contribution >= 4 is 5.91 Å². The number of likely N-dealkylation sites (tertiary alicyclic amines) is 1. The molecule has 0 radical (unpaired) electrons. The molecular formula is C17H24N2O3. The predicted octanol–water partition coefficient (Wildman–Crippen LogP) is 2.15. The van der Waals surface area contributed by atoms with Crippen molar-refractivity contribution in [1.82, 2.24) is 10.2 Å². The van der Waals surface area contributed by atoms with Crippen molar-refractivity contribution in [2.45, 2.75) is 39.3 Å². The van der Waals surface area contributed by atoms with Crippen LogP contribution < -0.4 is 14.8 Å². The first-order valence-electron chi connectivity index (χ1n) is 8.05. The zero-order chi connectivity index (χ0) is 15.5. The molecule has 1 aromatic rings. The molecule has 1 N–H and O–H groups in total. The lowest BCUT2D eigenvalue weighted by molar-refractivity contribution is -0.131. The van der Waals surface area contributed by atoms with Crippen LogP contribution >= 0.6 is 0 Å². The normalized spacial score (nSPS) is 23.6. The highest BCUT2D eigenvalue weighted by molar-refractivity contribution is 5.73. The second-order valence-corrected chi connectivity index (χ2v) is 6.06. The zero-order valence-electron chi connectivity index (χ0n) is 13.3. The van der Waals surface area contributed by atoms with Crippen LogP contribution in [0.3, 0.4) is 0 Å². The number of ether oxygens (including phenoxy) is 2. The lowest BCUT2D eigenvalue weighted by Gasteiger charge is -2.38. The Bertz CT molecular complexity index is 547. The first kappa shape index (κ1) is 15.2. The van der Waals surface area contributed by atoms with E-state index >= 15 is 0 Å². The lowest BCUT2D eigenvalue weighted by Crippen LogP contribution is -2.50. The number of benzene rings is 1. The number of rotatable bonds is 4. The fourth-order valence-corrected chi connectivity index (χ4v) is 3.37. The number of para-hydroxylation sites is 1. The molecular weight excluding hydrogens is 280 g/mol. The van der Waals surface area contributed by atoms with Crippen molar-refractivity contribution in [3.63, 3.8) is 0 Å². The molecule has 0 spiro atoms. The topological polar surface area (TPSA) is 50.8 Å². The van der Waals surface area contributed by atoms with Crippen LogP contribution in [0.4, 0.5) is 0 Å². The molecule has 5 heteroatoms. The third-order valence-corrected chi connectivity index (χ3v) is 4.74. The van der Waals surface area contributed by atoms with Crippen molar-refractivity contribution in [2.24, 2.45) is 5.92 Å². The number of fused-ring (bicyclic) bond motifs is 1. The SMILES string of the molecule is CC[C@@H]1CN(C(C)=O)CC[C@H]1NCc1cccc2c1OCO2. The molecule has 2 aliphatic rings. The quantitative estimate of drug-likeness (QED) is 0.926. The van der Waals surface area contributed by atoms with Gasteiger partial charge in [-0.3, -0.25) is 4.79 Å². The van der Waals surface area contributed by atoms with Gasteiger partial charge in [0.2, 0.25) is 12.7 Å². The average molecular weight is 304 g/mol. The van der Waals surface area contributed by atoms with E-state index in [4.69, 9.17) is 9.47 Å². The van der Waals surface area contributed by atoms with E-state index in [0.717, 1.165) is 49.5 Å². The summed E-state index contributed by atoms with van der Waals surface area (Å²) in [6, 6.07) is 6.46. The molecule has 1 saturated heterocycles. The van der Waals surface area contributed by atoms with Gasteiger partial charge >= 0.3 is 0 Å². The zero-order valence-corrected chi connectivity index (χ0v) is 13.3.